The van der Waals surface area contributed by atoms with Gasteiger partial charge in [-0.15, -0.1) is 0 Å². The second kappa shape index (κ2) is 6.45. The van der Waals surface area contributed by atoms with Crippen molar-refractivity contribution < 1.29 is 4.79 Å². The molecule has 1 aromatic heterocycles. The maximum atomic E-state index is 13.1. The van der Waals surface area contributed by atoms with Crippen LogP contribution in [0, 0.1) is 13.8 Å². The number of aryl methyl sites for hydroxylation is 2. The summed E-state index contributed by atoms with van der Waals surface area (Å²) in [5, 5.41) is 4.50. The van der Waals surface area contributed by atoms with Crippen molar-refractivity contribution in [3.63, 3.8) is 0 Å². The normalized spacial score (nSPS) is 16.0. The molecule has 1 aliphatic rings. The maximum Gasteiger partial charge on any atom is 0.258 e. The molecule has 4 rings (SSSR count). The monoisotopic (exact) mass is 345 g/mol. The van der Waals surface area contributed by atoms with Gasteiger partial charge >= 0.3 is 0 Å². The molecule has 4 nitrogen and oxygen atoms in total. The molecule has 0 spiro atoms. The van der Waals surface area contributed by atoms with E-state index < -0.39 is 0 Å². The number of carbonyl (C=O) groups is 1. The number of fused-ring (bicyclic) bond motifs is 1. The standard InChI is InChI=1S/C22H23N3O/c1-15-12-16(2)24(23-15)14-18-8-10-19(11-9-18)22(26)25-17(3)13-20-6-4-5-7-21(20)25/h4-12,17H,13-14H2,1-3H3/t17-/m0/s1. The first-order chi connectivity index (χ1) is 12.5. The zero-order valence-corrected chi connectivity index (χ0v) is 15.4. The lowest BCUT2D eigenvalue weighted by molar-refractivity contribution is 0.0981. The molecule has 1 atom stereocenters. The summed E-state index contributed by atoms with van der Waals surface area (Å²) < 4.78 is 1.99. The molecule has 0 radical (unpaired) electrons. The lowest BCUT2D eigenvalue weighted by Gasteiger charge is -2.23. The van der Waals surface area contributed by atoms with Crippen molar-refractivity contribution >= 4 is 11.6 Å². The topological polar surface area (TPSA) is 38.1 Å². The first kappa shape index (κ1) is 16.6. The predicted molar refractivity (Wildman–Crippen MR) is 104 cm³/mol. The van der Waals surface area contributed by atoms with Gasteiger partial charge in [-0.1, -0.05) is 30.3 Å². The molecule has 4 heteroatoms. The van der Waals surface area contributed by atoms with Crippen LogP contribution in [0.2, 0.25) is 0 Å². The molecule has 0 bridgehead atoms. The Balaban J connectivity index is 1.55. The molecule has 0 fully saturated rings. The van der Waals surface area contributed by atoms with Crippen LogP contribution in [0.5, 0.6) is 0 Å². The minimum atomic E-state index is 0.0696. The molecule has 0 saturated heterocycles. The summed E-state index contributed by atoms with van der Waals surface area (Å²) in [5.74, 6) is 0.0696. The van der Waals surface area contributed by atoms with Crippen LogP contribution in [0.4, 0.5) is 5.69 Å². The molecule has 0 unspecified atom stereocenters. The summed E-state index contributed by atoms with van der Waals surface area (Å²) >= 11 is 0. The summed E-state index contributed by atoms with van der Waals surface area (Å²) in [5.41, 5.74) is 6.32. The number of anilines is 1. The largest absolute Gasteiger partial charge is 0.305 e. The SMILES string of the molecule is Cc1cc(C)n(Cc2ccc(C(=O)N3c4ccccc4C[C@@H]3C)cc2)n1. The van der Waals surface area contributed by atoms with Gasteiger partial charge in [-0.3, -0.25) is 9.48 Å². The lowest BCUT2D eigenvalue weighted by Crippen LogP contribution is -2.35. The molecule has 2 aromatic carbocycles. The van der Waals surface area contributed by atoms with E-state index in [-0.39, 0.29) is 11.9 Å². The van der Waals surface area contributed by atoms with Crippen molar-refractivity contribution in [2.75, 3.05) is 4.90 Å². The molecule has 3 aromatic rings. The molecule has 26 heavy (non-hydrogen) atoms. The van der Waals surface area contributed by atoms with Crippen LogP contribution in [0.15, 0.2) is 54.6 Å². The molecule has 0 saturated carbocycles. The van der Waals surface area contributed by atoms with E-state index in [1.807, 2.05) is 59.0 Å². The van der Waals surface area contributed by atoms with E-state index >= 15 is 0 Å². The molecular weight excluding hydrogens is 322 g/mol. The van der Waals surface area contributed by atoms with Crippen molar-refractivity contribution in [2.24, 2.45) is 0 Å². The minimum Gasteiger partial charge on any atom is -0.305 e. The second-order valence-electron chi connectivity index (χ2n) is 7.14. The molecule has 1 aliphatic heterocycles. The number of para-hydroxylation sites is 1. The van der Waals surface area contributed by atoms with Crippen LogP contribution < -0.4 is 4.90 Å². The number of hydrogen-bond acceptors (Lipinski definition) is 2. The summed E-state index contributed by atoms with van der Waals surface area (Å²) in [6.45, 7) is 6.89. The van der Waals surface area contributed by atoms with Gasteiger partial charge < -0.3 is 4.90 Å². The average molecular weight is 345 g/mol. The van der Waals surface area contributed by atoms with Crippen LogP contribution in [0.1, 0.15) is 39.8 Å². The molecule has 132 valence electrons. The Hall–Kier alpha value is -2.88. The van der Waals surface area contributed by atoms with Crippen molar-refractivity contribution in [1.82, 2.24) is 9.78 Å². The highest BCUT2D eigenvalue weighted by Crippen LogP contribution is 2.33. The Kier molecular flexibility index (Phi) is 4.11. The number of nitrogens with zero attached hydrogens (tertiary/aromatic N) is 3. The minimum absolute atomic E-state index is 0.0696. The van der Waals surface area contributed by atoms with Crippen molar-refractivity contribution in [1.29, 1.82) is 0 Å². The number of hydrogen-bond donors (Lipinski definition) is 0. The lowest BCUT2D eigenvalue weighted by atomic mass is 10.1. The second-order valence-corrected chi connectivity index (χ2v) is 7.14. The molecule has 0 N–H and O–H groups in total. The summed E-state index contributed by atoms with van der Waals surface area (Å²) in [6, 6.07) is 18.3. The fraction of sp³-hybridized carbons (Fsp3) is 0.273. The fourth-order valence-corrected chi connectivity index (χ4v) is 3.77. The van der Waals surface area contributed by atoms with Gasteiger partial charge in [0.2, 0.25) is 0 Å². The van der Waals surface area contributed by atoms with Crippen molar-refractivity contribution in [3.8, 4) is 0 Å². The number of aromatic nitrogens is 2. The predicted octanol–water partition coefficient (Wildman–Crippen LogP) is 4.14. The Morgan fingerprint density at radius 1 is 1.12 bits per heavy atom. The Labute approximate surface area is 154 Å². The van der Waals surface area contributed by atoms with E-state index in [0.717, 1.165) is 41.2 Å². The number of rotatable bonds is 3. The maximum absolute atomic E-state index is 13.1. The zero-order chi connectivity index (χ0) is 18.3. The van der Waals surface area contributed by atoms with Crippen LogP contribution in [0.25, 0.3) is 0 Å². The number of carbonyl (C=O) groups excluding carboxylic acids is 1. The van der Waals surface area contributed by atoms with E-state index in [1.165, 1.54) is 5.56 Å². The first-order valence-electron chi connectivity index (χ1n) is 9.04. The number of amides is 1. The van der Waals surface area contributed by atoms with Gasteiger partial charge in [0.1, 0.15) is 0 Å². The Morgan fingerprint density at radius 3 is 2.54 bits per heavy atom. The average Bonchev–Trinajstić information content (AvgIpc) is 3.12. The van der Waals surface area contributed by atoms with Crippen LogP contribution in [-0.2, 0) is 13.0 Å². The van der Waals surface area contributed by atoms with E-state index in [2.05, 4.69) is 31.1 Å². The van der Waals surface area contributed by atoms with E-state index in [9.17, 15) is 4.79 Å². The van der Waals surface area contributed by atoms with E-state index in [4.69, 9.17) is 0 Å². The van der Waals surface area contributed by atoms with Gasteiger partial charge in [-0.2, -0.15) is 5.10 Å². The summed E-state index contributed by atoms with van der Waals surface area (Å²) in [7, 11) is 0. The first-order valence-corrected chi connectivity index (χ1v) is 9.04. The highest BCUT2D eigenvalue weighted by atomic mass is 16.2. The third kappa shape index (κ3) is 2.92. The van der Waals surface area contributed by atoms with Gasteiger partial charge in [0.25, 0.3) is 5.91 Å². The third-order valence-corrected chi connectivity index (χ3v) is 5.06. The van der Waals surface area contributed by atoms with Crippen molar-refractivity contribution in [3.05, 3.63) is 82.7 Å². The van der Waals surface area contributed by atoms with Gasteiger partial charge in [0.15, 0.2) is 0 Å². The summed E-state index contributed by atoms with van der Waals surface area (Å²) in [4.78, 5) is 15.0. The highest BCUT2D eigenvalue weighted by Gasteiger charge is 2.31. The van der Waals surface area contributed by atoms with Gasteiger partial charge in [-0.05, 0) is 62.6 Å². The quantitative estimate of drug-likeness (QED) is 0.715. The van der Waals surface area contributed by atoms with Crippen molar-refractivity contribution in [2.45, 2.75) is 39.8 Å². The van der Waals surface area contributed by atoms with Gasteiger partial charge in [-0.25, -0.2) is 0 Å². The van der Waals surface area contributed by atoms with E-state index in [1.54, 1.807) is 0 Å². The Morgan fingerprint density at radius 2 is 1.85 bits per heavy atom. The smallest absolute Gasteiger partial charge is 0.258 e. The van der Waals surface area contributed by atoms with E-state index in [0.29, 0.717) is 0 Å². The molecule has 0 aliphatic carbocycles. The third-order valence-electron chi connectivity index (χ3n) is 5.06. The molecular formula is C22H23N3O. The molecule has 1 amide bonds. The van der Waals surface area contributed by atoms with Crippen LogP contribution in [-0.4, -0.2) is 21.7 Å². The van der Waals surface area contributed by atoms with Crippen LogP contribution in [0.3, 0.4) is 0 Å². The van der Waals surface area contributed by atoms with Crippen LogP contribution >= 0.6 is 0 Å². The molecule has 2 heterocycles. The van der Waals surface area contributed by atoms with Gasteiger partial charge in [0, 0.05) is 23.0 Å². The Bertz CT molecular complexity index is 956. The summed E-state index contributed by atoms with van der Waals surface area (Å²) in [6.07, 6.45) is 0.915. The van der Waals surface area contributed by atoms with Gasteiger partial charge in [0.05, 0.1) is 12.2 Å². The fourth-order valence-electron chi connectivity index (χ4n) is 3.77. The highest BCUT2D eigenvalue weighted by molar-refractivity contribution is 6.07. The number of benzene rings is 2. The zero-order valence-electron chi connectivity index (χ0n) is 15.4.